The number of hydrogen-bond acceptors (Lipinski definition) is 5. The number of carbonyl (C=O) groups is 1. The molecule has 2 unspecified atom stereocenters. The number of imidazole rings is 1. The molecule has 2 aromatic rings. The van der Waals surface area contributed by atoms with Gasteiger partial charge in [0.1, 0.15) is 18.1 Å². The summed E-state index contributed by atoms with van der Waals surface area (Å²) in [5, 5.41) is 12.1. The van der Waals surface area contributed by atoms with Crippen LogP contribution < -0.4 is 5.09 Å². The normalized spacial score (nSPS) is 13.4. The second kappa shape index (κ2) is 8.50. The standard InChI is InChI=1S/C15H20N3O4P/c1-2-9-22-15(20)14(10-12-3-5-13(19)6-4-12)17-23(21)18-8-7-16-11-18/h3-8,11,14,19,23H,2,9-10H2,1H3,(H,17,21). The number of rotatable bonds is 8. The summed E-state index contributed by atoms with van der Waals surface area (Å²) in [5.74, 6) is -0.294. The summed E-state index contributed by atoms with van der Waals surface area (Å²) in [4.78, 5) is 16.0. The molecule has 1 heterocycles. The maximum absolute atomic E-state index is 12.3. The Labute approximate surface area is 135 Å². The smallest absolute Gasteiger partial charge is 0.323 e. The Morgan fingerprint density at radius 1 is 1.43 bits per heavy atom. The fourth-order valence-corrected chi connectivity index (χ4v) is 3.01. The van der Waals surface area contributed by atoms with Gasteiger partial charge in [-0.25, -0.2) is 10.1 Å². The monoisotopic (exact) mass is 337 g/mol. The number of benzene rings is 1. The molecule has 7 nitrogen and oxygen atoms in total. The van der Waals surface area contributed by atoms with Crippen LogP contribution in [0.25, 0.3) is 0 Å². The topological polar surface area (TPSA) is 93.5 Å². The van der Waals surface area contributed by atoms with Crippen molar-refractivity contribution in [3.05, 3.63) is 48.5 Å². The first-order chi connectivity index (χ1) is 11.1. The molecule has 2 N–H and O–H groups in total. The van der Waals surface area contributed by atoms with E-state index in [9.17, 15) is 14.5 Å². The lowest BCUT2D eigenvalue weighted by Gasteiger charge is -2.18. The van der Waals surface area contributed by atoms with Crippen molar-refractivity contribution < 1.29 is 19.2 Å². The van der Waals surface area contributed by atoms with Crippen molar-refractivity contribution in [2.45, 2.75) is 25.8 Å². The summed E-state index contributed by atoms with van der Waals surface area (Å²) < 4.78 is 18.9. The van der Waals surface area contributed by atoms with Crippen LogP contribution in [0.3, 0.4) is 0 Å². The minimum atomic E-state index is -2.42. The second-order valence-electron chi connectivity index (χ2n) is 5.01. The second-order valence-corrected chi connectivity index (χ2v) is 6.43. The highest BCUT2D eigenvalue weighted by Gasteiger charge is 2.22. The van der Waals surface area contributed by atoms with Crippen molar-refractivity contribution in [2.75, 3.05) is 6.61 Å². The Morgan fingerprint density at radius 2 is 2.17 bits per heavy atom. The van der Waals surface area contributed by atoms with E-state index < -0.39 is 20.1 Å². The molecule has 0 aliphatic rings. The van der Waals surface area contributed by atoms with E-state index in [0.29, 0.717) is 19.4 Å². The Hall–Kier alpha value is -2.11. The molecular formula is C15H20N3O4P. The van der Waals surface area contributed by atoms with Crippen LogP contribution in [0.1, 0.15) is 18.9 Å². The number of carbonyl (C=O) groups excluding carboxylic acids is 1. The van der Waals surface area contributed by atoms with E-state index >= 15 is 0 Å². The molecule has 1 aromatic carbocycles. The van der Waals surface area contributed by atoms with Crippen molar-refractivity contribution in [1.29, 1.82) is 0 Å². The summed E-state index contributed by atoms with van der Waals surface area (Å²) in [5.41, 5.74) is 0.828. The van der Waals surface area contributed by atoms with E-state index in [1.54, 1.807) is 30.5 Å². The van der Waals surface area contributed by atoms with Gasteiger partial charge >= 0.3 is 5.97 Å². The van der Waals surface area contributed by atoms with Gasteiger partial charge in [-0.15, -0.1) is 0 Å². The van der Waals surface area contributed by atoms with Crippen LogP contribution in [0.5, 0.6) is 5.75 Å². The average molecular weight is 337 g/mol. The number of nitrogens with zero attached hydrogens (tertiary/aromatic N) is 2. The first-order valence-electron chi connectivity index (χ1n) is 7.33. The van der Waals surface area contributed by atoms with E-state index in [0.717, 1.165) is 5.56 Å². The van der Waals surface area contributed by atoms with Gasteiger partial charge < -0.3 is 9.84 Å². The molecule has 0 saturated heterocycles. The van der Waals surface area contributed by atoms with E-state index in [1.807, 2.05) is 6.92 Å². The molecule has 2 atom stereocenters. The Bertz CT molecular complexity index is 643. The van der Waals surface area contributed by atoms with Gasteiger partial charge in [0.05, 0.1) is 6.61 Å². The van der Waals surface area contributed by atoms with Crippen molar-refractivity contribution in [3.8, 4) is 5.75 Å². The van der Waals surface area contributed by atoms with Gasteiger partial charge in [0.15, 0.2) is 0 Å². The summed E-state index contributed by atoms with van der Waals surface area (Å²) in [6.07, 6.45) is 5.56. The molecule has 0 saturated carbocycles. The van der Waals surface area contributed by atoms with Gasteiger partial charge in [0.2, 0.25) is 8.10 Å². The SMILES string of the molecule is CCCOC(=O)C(Cc1ccc(O)cc1)N[PH](=O)n1ccnc1. The lowest BCUT2D eigenvalue weighted by atomic mass is 10.1. The third-order valence-corrected chi connectivity index (χ3v) is 4.47. The molecule has 0 fully saturated rings. The molecule has 0 spiro atoms. The van der Waals surface area contributed by atoms with Gasteiger partial charge in [0, 0.05) is 12.4 Å². The van der Waals surface area contributed by atoms with Gasteiger partial charge in [0.25, 0.3) is 0 Å². The molecule has 23 heavy (non-hydrogen) atoms. The number of aromatic nitrogens is 2. The van der Waals surface area contributed by atoms with Crippen molar-refractivity contribution in [2.24, 2.45) is 0 Å². The number of nitrogens with one attached hydrogen (secondary N) is 1. The quantitative estimate of drug-likeness (QED) is 0.565. The zero-order chi connectivity index (χ0) is 16.7. The predicted octanol–water partition coefficient (Wildman–Crippen LogP) is 1.98. The van der Waals surface area contributed by atoms with Gasteiger partial charge in [-0.2, -0.15) is 0 Å². The minimum absolute atomic E-state index is 0.152. The molecule has 124 valence electrons. The van der Waals surface area contributed by atoms with Crippen molar-refractivity contribution >= 4 is 14.1 Å². The lowest BCUT2D eigenvalue weighted by Crippen LogP contribution is -2.36. The fourth-order valence-electron chi connectivity index (χ4n) is 1.97. The van der Waals surface area contributed by atoms with Gasteiger partial charge in [-0.1, -0.05) is 19.1 Å². The Balaban J connectivity index is 2.09. The van der Waals surface area contributed by atoms with E-state index in [-0.39, 0.29) is 5.75 Å². The average Bonchev–Trinajstić information content (AvgIpc) is 3.08. The molecular weight excluding hydrogens is 317 g/mol. The van der Waals surface area contributed by atoms with Crippen LogP contribution in [0.4, 0.5) is 0 Å². The first kappa shape index (κ1) is 17.2. The highest BCUT2D eigenvalue weighted by molar-refractivity contribution is 7.40. The maximum Gasteiger partial charge on any atom is 0.323 e. The Morgan fingerprint density at radius 3 is 2.78 bits per heavy atom. The Kier molecular flexibility index (Phi) is 6.38. The van der Waals surface area contributed by atoms with Crippen LogP contribution in [0.15, 0.2) is 43.0 Å². The van der Waals surface area contributed by atoms with Crippen molar-refractivity contribution in [1.82, 2.24) is 14.4 Å². The number of phenolic OH excluding ortho intramolecular Hbond substituents is 1. The highest BCUT2D eigenvalue weighted by Crippen LogP contribution is 2.21. The number of ether oxygens (including phenoxy) is 1. The number of aromatic hydroxyl groups is 1. The van der Waals surface area contributed by atoms with E-state index in [1.165, 1.54) is 16.9 Å². The van der Waals surface area contributed by atoms with Gasteiger partial charge in [-0.3, -0.25) is 13.7 Å². The molecule has 0 radical (unpaired) electrons. The number of hydrogen-bond donors (Lipinski definition) is 2. The largest absolute Gasteiger partial charge is 0.508 e. The predicted molar refractivity (Wildman–Crippen MR) is 86.6 cm³/mol. The third kappa shape index (κ3) is 5.23. The molecule has 0 aliphatic carbocycles. The lowest BCUT2D eigenvalue weighted by molar-refractivity contribution is -0.145. The zero-order valence-electron chi connectivity index (χ0n) is 12.8. The first-order valence-corrected chi connectivity index (χ1v) is 8.69. The maximum atomic E-state index is 12.3. The van der Waals surface area contributed by atoms with Crippen LogP contribution >= 0.6 is 8.10 Å². The zero-order valence-corrected chi connectivity index (χ0v) is 13.8. The molecule has 8 heteroatoms. The van der Waals surface area contributed by atoms with Crippen LogP contribution in [-0.2, 0) is 20.5 Å². The van der Waals surface area contributed by atoms with Crippen molar-refractivity contribution in [3.63, 3.8) is 0 Å². The molecule has 0 aliphatic heterocycles. The van der Waals surface area contributed by atoms with Crippen LogP contribution in [0.2, 0.25) is 0 Å². The molecule has 0 bridgehead atoms. The highest BCUT2D eigenvalue weighted by atomic mass is 31.1. The summed E-state index contributed by atoms with van der Waals surface area (Å²) >= 11 is 0. The molecule has 2 rings (SSSR count). The summed E-state index contributed by atoms with van der Waals surface area (Å²) in [6.45, 7) is 2.22. The van der Waals surface area contributed by atoms with E-state index in [4.69, 9.17) is 4.74 Å². The van der Waals surface area contributed by atoms with E-state index in [2.05, 4.69) is 10.1 Å². The fraction of sp³-hybridized carbons (Fsp3) is 0.333. The number of phenols is 1. The summed E-state index contributed by atoms with van der Waals surface area (Å²) in [7, 11) is -2.42. The van der Waals surface area contributed by atoms with Crippen LogP contribution in [0, 0.1) is 0 Å². The van der Waals surface area contributed by atoms with Gasteiger partial charge in [-0.05, 0) is 30.5 Å². The summed E-state index contributed by atoms with van der Waals surface area (Å²) in [6, 6.07) is 5.78. The van der Waals surface area contributed by atoms with Crippen LogP contribution in [-0.4, -0.2) is 33.0 Å². The molecule has 1 aromatic heterocycles. The third-order valence-electron chi connectivity index (χ3n) is 3.15. The minimum Gasteiger partial charge on any atom is -0.508 e. The molecule has 0 amide bonds. The number of esters is 1.